The molecule has 0 bridgehead atoms. The van der Waals surface area contributed by atoms with Crippen LogP contribution in [-0.4, -0.2) is 21.8 Å². The molecule has 0 radical (unpaired) electrons. The van der Waals surface area contributed by atoms with E-state index in [1.54, 1.807) is 42.6 Å². The van der Waals surface area contributed by atoms with Gasteiger partial charge in [0.2, 0.25) is 0 Å². The summed E-state index contributed by atoms with van der Waals surface area (Å²) >= 11 is 12.1. The van der Waals surface area contributed by atoms with E-state index in [0.717, 1.165) is 5.56 Å². The molecule has 2 aromatic carbocycles. The molecule has 1 aliphatic rings. The molecule has 1 atom stereocenters. The van der Waals surface area contributed by atoms with Crippen molar-refractivity contribution in [2.75, 3.05) is 4.90 Å². The number of aromatic nitrogens is 1. The van der Waals surface area contributed by atoms with Crippen LogP contribution in [0.4, 0.5) is 5.69 Å². The Morgan fingerprint density at radius 2 is 1.79 bits per heavy atom. The second-order valence-electron chi connectivity index (χ2n) is 6.88. The zero-order chi connectivity index (χ0) is 20.6. The summed E-state index contributed by atoms with van der Waals surface area (Å²) in [5.41, 5.74) is 0.0107. The Morgan fingerprint density at radius 1 is 1.07 bits per heavy atom. The number of rotatable bonds is 5. The maximum absolute atomic E-state index is 13.3. The van der Waals surface area contributed by atoms with E-state index in [-0.39, 0.29) is 12.3 Å². The van der Waals surface area contributed by atoms with Crippen molar-refractivity contribution in [3.63, 3.8) is 0 Å². The van der Waals surface area contributed by atoms with Gasteiger partial charge in [-0.2, -0.15) is 0 Å². The van der Waals surface area contributed by atoms with Crippen molar-refractivity contribution in [2.45, 2.75) is 18.6 Å². The first-order valence-electron chi connectivity index (χ1n) is 8.90. The van der Waals surface area contributed by atoms with Gasteiger partial charge in [0.05, 0.1) is 18.7 Å². The lowest BCUT2D eigenvalue weighted by Crippen LogP contribution is -2.41. The fourth-order valence-corrected chi connectivity index (χ4v) is 3.78. The summed E-state index contributed by atoms with van der Waals surface area (Å²) in [6.45, 7) is 0.230. The number of Topliss-reactive ketones (excluding diaryl/α,β-unsaturated/α-hetero) is 1. The van der Waals surface area contributed by atoms with Crippen molar-refractivity contribution in [2.24, 2.45) is 0 Å². The maximum Gasteiger partial charge on any atom is 0.264 e. The molecule has 4 rings (SSSR count). The fourth-order valence-electron chi connectivity index (χ4n) is 3.49. The van der Waals surface area contributed by atoms with Crippen LogP contribution in [0.5, 0.6) is 0 Å². The second kappa shape index (κ2) is 7.59. The highest BCUT2D eigenvalue weighted by Gasteiger charge is 2.51. The van der Waals surface area contributed by atoms with Gasteiger partial charge in [-0.1, -0.05) is 35.3 Å². The van der Waals surface area contributed by atoms with Gasteiger partial charge in [-0.25, -0.2) is 0 Å². The van der Waals surface area contributed by atoms with Gasteiger partial charge >= 0.3 is 0 Å². The molecule has 0 aliphatic carbocycles. The quantitative estimate of drug-likeness (QED) is 0.613. The summed E-state index contributed by atoms with van der Waals surface area (Å²) in [5.74, 6) is -0.949. The third kappa shape index (κ3) is 3.65. The predicted molar refractivity (Wildman–Crippen MR) is 111 cm³/mol. The highest BCUT2D eigenvalue weighted by molar-refractivity contribution is 6.31. The number of nitrogens with zero attached hydrogens (tertiary/aromatic N) is 2. The van der Waals surface area contributed by atoms with Crippen LogP contribution < -0.4 is 4.90 Å². The molecule has 3 aromatic rings. The molecule has 146 valence electrons. The summed E-state index contributed by atoms with van der Waals surface area (Å²) in [4.78, 5) is 31.4. The van der Waals surface area contributed by atoms with Crippen molar-refractivity contribution in [1.29, 1.82) is 0 Å². The average Bonchev–Trinajstić information content (AvgIpc) is 2.92. The van der Waals surface area contributed by atoms with Crippen LogP contribution >= 0.6 is 23.2 Å². The maximum atomic E-state index is 13.3. The van der Waals surface area contributed by atoms with Gasteiger partial charge in [-0.05, 0) is 48.0 Å². The number of pyridine rings is 1. The molecule has 7 heteroatoms. The fraction of sp³-hybridized carbons (Fsp3) is 0.136. The summed E-state index contributed by atoms with van der Waals surface area (Å²) in [7, 11) is 0. The van der Waals surface area contributed by atoms with E-state index in [1.807, 2.05) is 12.1 Å². The molecule has 1 amide bonds. The zero-order valence-corrected chi connectivity index (χ0v) is 16.7. The van der Waals surface area contributed by atoms with Crippen LogP contribution in [0.2, 0.25) is 10.0 Å². The molecule has 0 saturated heterocycles. The van der Waals surface area contributed by atoms with Crippen LogP contribution in [0.15, 0.2) is 67.0 Å². The highest BCUT2D eigenvalue weighted by Crippen LogP contribution is 2.44. The normalized spacial score (nSPS) is 18.0. The van der Waals surface area contributed by atoms with Gasteiger partial charge < -0.3 is 10.0 Å². The van der Waals surface area contributed by atoms with E-state index < -0.39 is 17.9 Å². The largest absolute Gasteiger partial charge is 0.375 e. The number of amides is 1. The Balaban J connectivity index is 1.71. The van der Waals surface area contributed by atoms with Gasteiger partial charge in [0.15, 0.2) is 11.4 Å². The van der Waals surface area contributed by atoms with E-state index in [2.05, 4.69) is 4.98 Å². The molecular weight excluding hydrogens is 411 g/mol. The van der Waals surface area contributed by atoms with Gasteiger partial charge in [-0.15, -0.1) is 0 Å². The van der Waals surface area contributed by atoms with E-state index in [1.165, 1.54) is 17.2 Å². The lowest BCUT2D eigenvalue weighted by Gasteiger charge is -2.23. The summed E-state index contributed by atoms with van der Waals surface area (Å²) < 4.78 is 0. The summed E-state index contributed by atoms with van der Waals surface area (Å²) in [5, 5.41) is 12.3. The van der Waals surface area contributed by atoms with Crippen LogP contribution in [0, 0.1) is 0 Å². The van der Waals surface area contributed by atoms with Crippen molar-refractivity contribution < 1.29 is 14.7 Å². The van der Waals surface area contributed by atoms with E-state index >= 15 is 0 Å². The Hall–Kier alpha value is -2.73. The molecule has 1 aromatic heterocycles. The van der Waals surface area contributed by atoms with E-state index in [0.29, 0.717) is 26.9 Å². The number of benzene rings is 2. The molecule has 1 N–H and O–H groups in total. The second-order valence-corrected chi connectivity index (χ2v) is 7.75. The molecular formula is C22H16Cl2N2O3. The minimum atomic E-state index is -2.00. The first-order chi connectivity index (χ1) is 13.9. The minimum absolute atomic E-state index is 0.230. The Morgan fingerprint density at radius 3 is 2.48 bits per heavy atom. The third-order valence-electron chi connectivity index (χ3n) is 4.95. The van der Waals surface area contributed by atoms with Crippen LogP contribution in [-0.2, 0) is 16.9 Å². The lowest BCUT2D eigenvalue weighted by molar-refractivity contribution is -0.136. The van der Waals surface area contributed by atoms with E-state index in [4.69, 9.17) is 23.2 Å². The number of ketones is 1. The molecule has 5 nitrogen and oxygen atoms in total. The minimum Gasteiger partial charge on any atom is -0.375 e. The zero-order valence-electron chi connectivity index (χ0n) is 15.2. The van der Waals surface area contributed by atoms with Crippen LogP contribution in [0.3, 0.4) is 0 Å². The number of aliphatic hydroxyl groups is 1. The molecule has 0 unspecified atom stereocenters. The predicted octanol–water partition coefficient (Wildman–Crippen LogP) is 4.40. The van der Waals surface area contributed by atoms with Crippen molar-refractivity contribution in [3.05, 3.63) is 93.7 Å². The number of hydrogen-bond donors (Lipinski definition) is 1. The molecule has 0 spiro atoms. The number of carbonyl (C=O) groups is 2. The molecule has 0 saturated carbocycles. The smallest absolute Gasteiger partial charge is 0.264 e. The Labute approximate surface area is 177 Å². The van der Waals surface area contributed by atoms with Crippen LogP contribution in [0.1, 0.15) is 27.9 Å². The van der Waals surface area contributed by atoms with Gasteiger partial charge in [0, 0.05) is 33.6 Å². The molecule has 2 heterocycles. The number of anilines is 1. The Bertz CT molecular complexity index is 1090. The van der Waals surface area contributed by atoms with Gasteiger partial charge in [0.25, 0.3) is 5.91 Å². The summed E-state index contributed by atoms with van der Waals surface area (Å²) in [6, 6.07) is 15.2. The van der Waals surface area contributed by atoms with Crippen molar-refractivity contribution in [1.82, 2.24) is 4.98 Å². The first kappa shape index (κ1) is 19.6. The number of halogens is 2. The lowest BCUT2D eigenvalue weighted by atomic mass is 9.88. The number of hydrogen-bond acceptors (Lipinski definition) is 4. The monoisotopic (exact) mass is 426 g/mol. The molecule has 29 heavy (non-hydrogen) atoms. The summed E-state index contributed by atoms with van der Waals surface area (Å²) in [6.07, 6.45) is 2.56. The first-order valence-corrected chi connectivity index (χ1v) is 9.66. The molecule has 0 fully saturated rings. The third-order valence-corrected chi connectivity index (χ3v) is 5.43. The Kier molecular flexibility index (Phi) is 5.13. The SMILES string of the molecule is O=C(C[C@@]1(O)C(=O)N(Cc2ccc(Cl)cc2)c2ccc(Cl)cc21)c1cccnc1. The van der Waals surface area contributed by atoms with Gasteiger partial charge in [0.1, 0.15) is 0 Å². The number of fused-ring (bicyclic) bond motifs is 1. The van der Waals surface area contributed by atoms with Crippen LogP contribution in [0.25, 0.3) is 0 Å². The van der Waals surface area contributed by atoms with E-state index in [9.17, 15) is 14.7 Å². The highest BCUT2D eigenvalue weighted by atomic mass is 35.5. The molecule has 1 aliphatic heterocycles. The van der Waals surface area contributed by atoms with Crippen molar-refractivity contribution >= 4 is 40.6 Å². The van der Waals surface area contributed by atoms with Gasteiger partial charge in [-0.3, -0.25) is 14.6 Å². The standard InChI is InChI=1S/C22H16Cl2N2O3/c23-16-5-3-14(4-6-16)13-26-19-8-7-17(24)10-18(19)22(29,21(26)28)11-20(27)15-2-1-9-25-12-15/h1-10,12,29H,11,13H2/t22-/m0/s1. The topological polar surface area (TPSA) is 70.5 Å². The average molecular weight is 427 g/mol. The van der Waals surface area contributed by atoms with Crippen molar-refractivity contribution in [3.8, 4) is 0 Å². The number of carbonyl (C=O) groups excluding carboxylic acids is 2.